The van der Waals surface area contributed by atoms with Crippen molar-refractivity contribution in [3.8, 4) is 0 Å². The zero-order chi connectivity index (χ0) is 7.84. The minimum Gasteiger partial charge on any atom is -0.370 e. The minimum absolute atomic E-state index is 0.596. The largest absolute Gasteiger partial charge is 0.370 e. The second-order valence-electron chi connectivity index (χ2n) is 3.60. The van der Waals surface area contributed by atoms with Gasteiger partial charge in [0.05, 0.1) is 0 Å². The molecule has 2 fully saturated rings. The van der Waals surface area contributed by atoms with Crippen LogP contribution >= 0.6 is 0 Å². The summed E-state index contributed by atoms with van der Waals surface area (Å²) in [5, 5.41) is 3.20. The van der Waals surface area contributed by atoms with Gasteiger partial charge in [0.2, 0.25) is 0 Å². The third-order valence-electron chi connectivity index (χ3n) is 2.64. The number of aliphatic imine (C=N–C) groups is 1. The van der Waals surface area contributed by atoms with E-state index < -0.39 is 0 Å². The Bertz CT molecular complexity index is 184. The van der Waals surface area contributed by atoms with Gasteiger partial charge in [-0.05, 0) is 31.1 Å². The fraction of sp³-hybridized carbons (Fsp3) is 0.875. The van der Waals surface area contributed by atoms with Crippen LogP contribution in [0.2, 0.25) is 0 Å². The lowest BCUT2D eigenvalue weighted by atomic mass is 10.3. The van der Waals surface area contributed by atoms with Gasteiger partial charge in [-0.2, -0.15) is 0 Å². The molecular weight excluding hydrogens is 138 g/mol. The van der Waals surface area contributed by atoms with Crippen molar-refractivity contribution < 1.29 is 0 Å². The zero-order valence-corrected chi connectivity index (χ0v) is 6.88. The van der Waals surface area contributed by atoms with Crippen molar-refractivity contribution in [3.63, 3.8) is 0 Å². The Balaban J connectivity index is 1.74. The maximum atomic E-state index is 5.54. The van der Waals surface area contributed by atoms with Gasteiger partial charge in [-0.15, -0.1) is 0 Å². The summed E-state index contributed by atoms with van der Waals surface area (Å²) in [4.78, 5) is 3.87. The molecule has 0 aromatic heterocycles. The highest BCUT2D eigenvalue weighted by molar-refractivity contribution is 5.78. The van der Waals surface area contributed by atoms with E-state index in [0.29, 0.717) is 12.0 Å². The fourth-order valence-corrected chi connectivity index (χ4v) is 1.68. The summed E-state index contributed by atoms with van der Waals surface area (Å²) in [5.41, 5.74) is 5.54. The second kappa shape index (κ2) is 2.40. The van der Waals surface area contributed by atoms with E-state index in [2.05, 4.69) is 10.3 Å². The Morgan fingerprint density at radius 2 is 2.27 bits per heavy atom. The molecule has 3 nitrogen and oxygen atoms in total. The van der Waals surface area contributed by atoms with Crippen molar-refractivity contribution in [1.82, 2.24) is 5.32 Å². The average molecular weight is 153 g/mol. The summed E-state index contributed by atoms with van der Waals surface area (Å²) in [6, 6.07) is 0.645. The first-order valence-corrected chi connectivity index (χ1v) is 4.30. The van der Waals surface area contributed by atoms with Crippen LogP contribution in [0, 0.1) is 11.8 Å². The van der Waals surface area contributed by atoms with Gasteiger partial charge >= 0.3 is 0 Å². The molecule has 2 aliphatic carbocycles. The number of nitrogens with one attached hydrogen (secondary N) is 1. The first-order chi connectivity index (χ1) is 5.31. The number of nitrogens with zero attached hydrogens (tertiary/aromatic N) is 1. The van der Waals surface area contributed by atoms with E-state index in [4.69, 9.17) is 5.73 Å². The third kappa shape index (κ3) is 1.47. The second-order valence-corrected chi connectivity index (χ2v) is 3.60. The molecule has 0 bridgehead atoms. The maximum Gasteiger partial charge on any atom is 0.188 e. The van der Waals surface area contributed by atoms with Crippen molar-refractivity contribution >= 4 is 5.96 Å². The fourth-order valence-electron chi connectivity index (χ4n) is 1.68. The summed E-state index contributed by atoms with van der Waals surface area (Å²) in [6.45, 7) is 0. The molecule has 2 aliphatic rings. The molecule has 3 N–H and O–H groups in total. The maximum absolute atomic E-state index is 5.54. The predicted octanol–water partition coefficient (Wildman–Crippen LogP) is 0.319. The van der Waals surface area contributed by atoms with Gasteiger partial charge in [-0.25, -0.2) is 0 Å². The van der Waals surface area contributed by atoms with Crippen LogP contribution in [0.4, 0.5) is 0 Å². The van der Waals surface area contributed by atoms with Gasteiger partial charge in [0, 0.05) is 13.1 Å². The van der Waals surface area contributed by atoms with E-state index in [0.717, 1.165) is 11.8 Å². The topological polar surface area (TPSA) is 50.4 Å². The van der Waals surface area contributed by atoms with Crippen LogP contribution in [-0.4, -0.2) is 19.0 Å². The highest BCUT2D eigenvalue weighted by Crippen LogP contribution is 2.49. The van der Waals surface area contributed by atoms with Gasteiger partial charge in [0.1, 0.15) is 0 Å². The lowest BCUT2D eigenvalue weighted by Gasteiger charge is -2.01. The van der Waals surface area contributed by atoms with Crippen molar-refractivity contribution in [2.45, 2.75) is 25.3 Å². The smallest absolute Gasteiger partial charge is 0.188 e. The van der Waals surface area contributed by atoms with E-state index in [1.165, 1.54) is 19.3 Å². The van der Waals surface area contributed by atoms with Crippen LogP contribution < -0.4 is 11.1 Å². The normalized spacial score (nSPS) is 37.0. The summed E-state index contributed by atoms with van der Waals surface area (Å²) in [6.07, 6.45) is 4.18. The van der Waals surface area contributed by atoms with Crippen molar-refractivity contribution in [3.05, 3.63) is 0 Å². The Morgan fingerprint density at radius 3 is 2.82 bits per heavy atom. The molecule has 0 radical (unpaired) electrons. The molecule has 2 rings (SSSR count). The molecule has 0 spiro atoms. The SMILES string of the molecule is CN=C(N)NC1CC1C1CC1. The van der Waals surface area contributed by atoms with Gasteiger partial charge in [0.15, 0.2) is 5.96 Å². The lowest BCUT2D eigenvalue weighted by molar-refractivity contribution is 0.660. The number of guanidine groups is 1. The molecule has 2 saturated carbocycles. The summed E-state index contributed by atoms with van der Waals surface area (Å²) >= 11 is 0. The molecule has 0 saturated heterocycles. The van der Waals surface area contributed by atoms with Gasteiger partial charge in [0.25, 0.3) is 0 Å². The Labute approximate surface area is 67.1 Å². The summed E-state index contributed by atoms with van der Waals surface area (Å²) in [5.74, 6) is 2.52. The number of nitrogens with two attached hydrogens (primary N) is 1. The van der Waals surface area contributed by atoms with E-state index >= 15 is 0 Å². The van der Waals surface area contributed by atoms with Crippen LogP contribution in [0.3, 0.4) is 0 Å². The standard InChI is InChI=1S/C8H15N3/c1-10-8(9)11-7-4-6(7)5-2-3-5/h5-7H,2-4H2,1H3,(H3,9,10,11). The van der Waals surface area contributed by atoms with Crippen LogP contribution in [0.25, 0.3) is 0 Å². The van der Waals surface area contributed by atoms with Crippen LogP contribution in [0.15, 0.2) is 4.99 Å². The van der Waals surface area contributed by atoms with Crippen LogP contribution in [-0.2, 0) is 0 Å². The molecule has 62 valence electrons. The van der Waals surface area contributed by atoms with Crippen LogP contribution in [0.1, 0.15) is 19.3 Å². The number of rotatable bonds is 2. The summed E-state index contributed by atoms with van der Waals surface area (Å²) in [7, 11) is 1.72. The Morgan fingerprint density at radius 1 is 1.55 bits per heavy atom. The van der Waals surface area contributed by atoms with Gasteiger partial charge < -0.3 is 11.1 Å². The molecule has 11 heavy (non-hydrogen) atoms. The molecule has 2 atom stereocenters. The molecule has 0 aromatic rings. The van der Waals surface area contributed by atoms with Gasteiger partial charge in [-0.1, -0.05) is 0 Å². The van der Waals surface area contributed by atoms with E-state index in [9.17, 15) is 0 Å². The monoisotopic (exact) mass is 153 g/mol. The molecule has 0 heterocycles. The van der Waals surface area contributed by atoms with Crippen molar-refractivity contribution in [2.24, 2.45) is 22.6 Å². The summed E-state index contributed by atoms with van der Waals surface area (Å²) < 4.78 is 0. The van der Waals surface area contributed by atoms with E-state index in [-0.39, 0.29) is 0 Å². The van der Waals surface area contributed by atoms with Gasteiger partial charge in [-0.3, -0.25) is 4.99 Å². The van der Waals surface area contributed by atoms with Crippen molar-refractivity contribution in [1.29, 1.82) is 0 Å². The highest BCUT2D eigenvalue weighted by atomic mass is 15.1. The van der Waals surface area contributed by atoms with E-state index in [1.807, 2.05) is 0 Å². The highest BCUT2D eigenvalue weighted by Gasteiger charge is 2.47. The quantitative estimate of drug-likeness (QED) is 0.443. The first-order valence-electron chi connectivity index (χ1n) is 4.30. The zero-order valence-electron chi connectivity index (χ0n) is 6.88. The number of hydrogen-bond donors (Lipinski definition) is 2. The number of hydrogen-bond acceptors (Lipinski definition) is 1. The third-order valence-corrected chi connectivity index (χ3v) is 2.64. The molecule has 0 aromatic carbocycles. The molecule has 2 unspecified atom stereocenters. The predicted molar refractivity (Wildman–Crippen MR) is 45.3 cm³/mol. The van der Waals surface area contributed by atoms with E-state index in [1.54, 1.807) is 7.05 Å². The first kappa shape index (κ1) is 6.95. The Hall–Kier alpha value is -0.730. The lowest BCUT2D eigenvalue weighted by Crippen LogP contribution is -2.34. The minimum atomic E-state index is 0.596. The molecule has 3 heteroatoms. The molecule has 0 aliphatic heterocycles. The average Bonchev–Trinajstić information content (AvgIpc) is 2.79. The van der Waals surface area contributed by atoms with Crippen molar-refractivity contribution in [2.75, 3.05) is 7.05 Å². The Kier molecular flexibility index (Phi) is 1.51. The molecular formula is C8H15N3. The van der Waals surface area contributed by atoms with Crippen LogP contribution in [0.5, 0.6) is 0 Å². The molecule has 0 amide bonds.